The van der Waals surface area contributed by atoms with Gasteiger partial charge in [0.1, 0.15) is 0 Å². The zero-order chi connectivity index (χ0) is 13.2. The highest BCUT2D eigenvalue weighted by molar-refractivity contribution is 5.81. The molecule has 2 N–H and O–H groups in total. The number of amides is 1. The van der Waals surface area contributed by atoms with Crippen molar-refractivity contribution in [3.05, 3.63) is 0 Å². The predicted molar refractivity (Wildman–Crippen MR) is 71.6 cm³/mol. The molecule has 0 aliphatic carbocycles. The summed E-state index contributed by atoms with van der Waals surface area (Å²) in [7, 11) is 0. The number of likely N-dealkylation sites (tertiary alicyclic amines) is 1. The highest BCUT2D eigenvalue weighted by atomic mass is 16.2. The van der Waals surface area contributed by atoms with E-state index in [1.165, 1.54) is 0 Å². The zero-order valence-electron chi connectivity index (χ0n) is 12.0. The Kier molecular flexibility index (Phi) is 4.59. The van der Waals surface area contributed by atoms with Crippen LogP contribution in [-0.2, 0) is 4.79 Å². The van der Waals surface area contributed by atoms with Gasteiger partial charge in [0.15, 0.2) is 0 Å². The van der Waals surface area contributed by atoms with Crippen molar-refractivity contribution in [2.24, 2.45) is 23.0 Å². The van der Waals surface area contributed by atoms with E-state index in [1.807, 2.05) is 4.90 Å². The molecule has 0 radical (unpaired) electrons. The van der Waals surface area contributed by atoms with E-state index < -0.39 is 0 Å². The molecule has 1 atom stereocenters. The summed E-state index contributed by atoms with van der Waals surface area (Å²) in [4.78, 5) is 13.8. The van der Waals surface area contributed by atoms with Crippen LogP contribution in [0.1, 0.15) is 47.5 Å². The topological polar surface area (TPSA) is 46.3 Å². The molecular weight excluding hydrogens is 212 g/mol. The van der Waals surface area contributed by atoms with Gasteiger partial charge < -0.3 is 10.6 Å². The Morgan fingerprint density at radius 1 is 1.06 bits per heavy atom. The maximum atomic E-state index is 11.8. The second-order valence-electron chi connectivity index (χ2n) is 6.16. The molecule has 0 unspecified atom stereocenters. The summed E-state index contributed by atoms with van der Waals surface area (Å²) in [6.07, 6.45) is 2.22. The van der Waals surface area contributed by atoms with Gasteiger partial charge in [-0.3, -0.25) is 4.79 Å². The van der Waals surface area contributed by atoms with Crippen LogP contribution in [-0.4, -0.2) is 29.9 Å². The van der Waals surface area contributed by atoms with Crippen LogP contribution in [0.25, 0.3) is 0 Å². The first-order chi connectivity index (χ1) is 7.81. The second kappa shape index (κ2) is 5.38. The quantitative estimate of drug-likeness (QED) is 0.822. The maximum Gasteiger partial charge on any atom is 0.239 e. The van der Waals surface area contributed by atoms with Gasteiger partial charge in [0, 0.05) is 13.1 Å². The Balaban J connectivity index is 2.68. The number of rotatable bonds is 3. The van der Waals surface area contributed by atoms with Gasteiger partial charge in [-0.05, 0) is 37.0 Å². The molecule has 3 nitrogen and oxygen atoms in total. The number of nitrogens with zero attached hydrogens (tertiary/aromatic N) is 1. The van der Waals surface area contributed by atoms with E-state index in [9.17, 15) is 4.79 Å². The van der Waals surface area contributed by atoms with Gasteiger partial charge in [0.05, 0.1) is 6.04 Å². The summed E-state index contributed by atoms with van der Waals surface area (Å²) in [6, 6.07) is -0.361. The largest absolute Gasteiger partial charge is 0.341 e. The summed E-state index contributed by atoms with van der Waals surface area (Å²) in [6.45, 7) is 12.8. The van der Waals surface area contributed by atoms with Crippen LogP contribution < -0.4 is 5.73 Å². The Hall–Kier alpha value is -0.570. The summed E-state index contributed by atoms with van der Waals surface area (Å²) in [5.74, 6) is 1.45. The predicted octanol–water partition coefficient (Wildman–Crippen LogP) is 2.25. The van der Waals surface area contributed by atoms with Crippen LogP contribution in [0, 0.1) is 17.3 Å². The SMILES string of the molecule is CC(C)C1(C(C)C)CCN(C(=O)[C@H](C)N)CC1. The van der Waals surface area contributed by atoms with Gasteiger partial charge in [-0.15, -0.1) is 0 Å². The lowest BCUT2D eigenvalue weighted by atomic mass is 9.63. The van der Waals surface area contributed by atoms with Crippen molar-refractivity contribution in [2.45, 2.75) is 53.5 Å². The van der Waals surface area contributed by atoms with Crippen molar-refractivity contribution in [2.75, 3.05) is 13.1 Å². The van der Waals surface area contributed by atoms with Crippen molar-refractivity contribution in [3.8, 4) is 0 Å². The molecule has 0 aromatic carbocycles. The van der Waals surface area contributed by atoms with Crippen LogP contribution in [0.3, 0.4) is 0 Å². The number of hydrogen-bond acceptors (Lipinski definition) is 2. The minimum Gasteiger partial charge on any atom is -0.341 e. The molecule has 1 heterocycles. The van der Waals surface area contributed by atoms with Crippen molar-refractivity contribution in [1.82, 2.24) is 4.90 Å². The van der Waals surface area contributed by atoms with Crippen LogP contribution in [0.2, 0.25) is 0 Å². The second-order valence-corrected chi connectivity index (χ2v) is 6.16. The van der Waals surface area contributed by atoms with Crippen LogP contribution in [0.5, 0.6) is 0 Å². The lowest BCUT2D eigenvalue weighted by Gasteiger charge is -2.48. The Morgan fingerprint density at radius 2 is 1.47 bits per heavy atom. The fraction of sp³-hybridized carbons (Fsp3) is 0.929. The van der Waals surface area contributed by atoms with E-state index >= 15 is 0 Å². The molecule has 100 valence electrons. The third kappa shape index (κ3) is 2.82. The highest BCUT2D eigenvalue weighted by Gasteiger charge is 2.40. The minimum absolute atomic E-state index is 0.103. The van der Waals surface area contributed by atoms with E-state index in [4.69, 9.17) is 5.73 Å². The molecule has 0 spiro atoms. The van der Waals surface area contributed by atoms with Crippen molar-refractivity contribution in [3.63, 3.8) is 0 Å². The summed E-state index contributed by atoms with van der Waals surface area (Å²) < 4.78 is 0. The van der Waals surface area contributed by atoms with Gasteiger partial charge in [0.25, 0.3) is 0 Å². The molecule has 0 aromatic rings. The number of carbonyl (C=O) groups excluding carboxylic acids is 1. The Morgan fingerprint density at radius 3 is 1.76 bits per heavy atom. The summed E-state index contributed by atoms with van der Waals surface area (Å²) >= 11 is 0. The van der Waals surface area contributed by atoms with E-state index in [0.29, 0.717) is 17.3 Å². The van der Waals surface area contributed by atoms with Gasteiger partial charge in [0.2, 0.25) is 5.91 Å². The smallest absolute Gasteiger partial charge is 0.239 e. The molecule has 3 heteroatoms. The van der Waals surface area contributed by atoms with Crippen molar-refractivity contribution >= 4 is 5.91 Å². The molecule has 1 aliphatic rings. The van der Waals surface area contributed by atoms with Gasteiger partial charge in [-0.25, -0.2) is 0 Å². The average Bonchev–Trinajstić information content (AvgIpc) is 2.27. The number of piperidine rings is 1. The van der Waals surface area contributed by atoms with Crippen LogP contribution >= 0.6 is 0 Å². The fourth-order valence-electron chi connectivity index (χ4n) is 3.25. The third-order valence-corrected chi connectivity index (χ3v) is 4.70. The van der Waals surface area contributed by atoms with Gasteiger partial charge >= 0.3 is 0 Å². The highest BCUT2D eigenvalue weighted by Crippen LogP contribution is 2.45. The molecular formula is C14H28N2O. The number of hydrogen-bond donors (Lipinski definition) is 1. The minimum atomic E-state index is -0.361. The molecule has 1 amide bonds. The van der Waals surface area contributed by atoms with Gasteiger partial charge in [-0.1, -0.05) is 27.7 Å². The lowest BCUT2D eigenvalue weighted by molar-refractivity contribution is -0.135. The standard InChI is InChI=1S/C14H28N2O/c1-10(2)14(11(3)4)6-8-16(9-7-14)13(17)12(5)15/h10-12H,6-9,15H2,1-5H3/t12-/m0/s1. The monoisotopic (exact) mass is 240 g/mol. The van der Waals surface area contributed by atoms with Crippen LogP contribution in [0.4, 0.5) is 0 Å². The fourth-order valence-corrected chi connectivity index (χ4v) is 3.25. The first kappa shape index (κ1) is 14.5. The Bertz CT molecular complexity index is 253. The molecule has 0 bridgehead atoms. The van der Waals surface area contributed by atoms with E-state index in [1.54, 1.807) is 6.92 Å². The molecule has 0 saturated carbocycles. The molecule has 1 rings (SSSR count). The zero-order valence-corrected chi connectivity index (χ0v) is 12.0. The van der Waals surface area contributed by atoms with E-state index in [0.717, 1.165) is 25.9 Å². The van der Waals surface area contributed by atoms with Crippen molar-refractivity contribution < 1.29 is 4.79 Å². The number of carbonyl (C=O) groups is 1. The first-order valence-corrected chi connectivity index (χ1v) is 6.85. The number of nitrogens with two attached hydrogens (primary N) is 1. The average molecular weight is 240 g/mol. The molecule has 1 saturated heterocycles. The Labute approximate surface area is 106 Å². The first-order valence-electron chi connectivity index (χ1n) is 6.85. The molecule has 1 aliphatic heterocycles. The summed E-state index contributed by atoms with van der Waals surface area (Å²) in [5, 5.41) is 0. The molecule has 0 aromatic heterocycles. The molecule has 1 fully saturated rings. The van der Waals surface area contributed by atoms with Gasteiger partial charge in [-0.2, -0.15) is 0 Å². The van der Waals surface area contributed by atoms with E-state index in [2.05, 4.69) is 27.7 Å². The van der Waals surface area contributed by atoms with Crippen LogP contribution in [0.15, 0.2) is 0 Å². The van der Waals surface area contributed by atoms with Crippen molar-refractivity contribution in [1.29, 1.82) is 0 Å². The summed E-state index contributed by atoms with van der Waals surface area (Å²) in [5.41, 5.74) is 6.06. The third-order valence-electron chi connectivity index (χ3n) is 4.70. The lowest BCUT2D eigenvalue weighted by Crippen LogP contribution is -2.51. The van der Waals surface area contributed by atoms with E-state index in [-0.39, 0.29) is 11.9 Å². The normalized spacial score (nSPS) is 22.0. The maximum absolute atomic E-state index is 11.8. The molecule has 17 heavy (non-hydrogen) atoms.